The van der Waals surface area contributed by atoms with Crippen molar-refractivity contribution in [3.05, 3.63) is 0 Å². The van der Waals surface area contributed by atoms with Crippen molar-refractivity contribution in [3.8, 4) is 0 Å². The number of rotatable bonds is 8. The average molecular weight is 199 g/mol. The Hall–Kier alpha value is -0.0800. The van der Waals surface area contributed by atoms with Crippen LogP contribution in [0.4, 0.5) is 0 Å². The van der Waals surface area contributed by atoms with Crippen molar-refractivity contribution in [2.24, 2.45) is 0 Å². The Morgan fingerprint density at radius 2 is 1.93 bits per heavy atom. The Bertz CT molecular complexity index is 121. The van der Waals surface area contributed by atoms with Crippen molar-refractivity contribution in [2.45, 2.75) is 64.5 Å². The number of unbranched alkanes of at least 4 members (excludes halogenated alkanes) is 5. The van der Waals surface area contributed by atoms with E-state index in [0.717, 1.165) is 13.2 Å². The normalized spacial score (nSPS) is 21.6. The molecule has 0 aromatic carbocycles. The quantitative estimate of drug-likeness (QED) is 0.607. The Morgan fingerprint density at radius 1 is 1.14 bits per heavy atom. The number of nitrogens with one attached hydrogen (secondary N) is 1. The van der Waals surface area contributed by atoms with Gasteiger partial charge in [-0.05, 0) is 25.8 Å². The summed E-state index contributed by atoms with van der Waals surface area (Å²) < 4.78 is 5.70. The molecule has 1 aliphatic heterocycles. The topological polar surface area (TPSA) is 21.3 Å². The maximum atomic E-state index is 5.70. The summed E-state index contributed by atoms with van der Waals surface area (Å²) in [6.45, 7) is 4.35. The Balaban J connectivity index is 1.75. The summed E-state index contributed by atoms with van der Waals surface area (Å²) in [5, 5.41) is 3.35. The van der Waals surface area contributed by atoms with Crippen molar-refractivity contribution < 1.29 is 4.74 Å². The van der Waals surface area contributed by atoms with Gasteiger partial charge < -0.3 is 4.74 Å². The van der Waals surface area contributed by atoms with E-state index in [4.69, 9.17) is 4.74 Å². The van der Waals surface area contributed by atoms with Crippen LogP contribution in [0.3, 0.4) is 0 Å². The molecule has 0 aliphatic carbocycles. The SMILES string of the molecule is CCCCCCCCOC1CCCN1. The van der Waals surface area contributed by atoms with Gasteiger partial charge in [0.25, 0.3) is 0 Å². The number of hydrogen-bond acceptors (Lipinski definition) is 2. The molecule has 84 valence electrons. The van der Waals surface area contributed by atoms with Gasteiger partial charge in [-0.2, -0.15) is 0 Å². The molecule has 14 heavy (non-hydrogen) atoms. The van der Waals surface area contributed by atoms with E-state index in [2.05, 4.69) is 12.2 Å². The standard InChI is InChI=1S/C12H25NO/c1-2-3-4-5-6-7-11-14-12-9-8-10-13-12/h12-13H,2-11H2,1H3. The van der Waals surface area contributed by atoms with Crippen LogP contribution in [-0.4, -0.2) is 19.4 Å². The van der Waals surface area contributed by atoms with Crippen LogP contribution in [0.5, 0.6) is 0 Å². The second-order valence-electron chi connectivity index (χ2n) is 4.22. The Labute approximate surface area is 88.4 Å². The predicted molar refractivity (Wildman–Crippen MR) is 60.4 cm³/mol. The van der Waals surface area contributed by atoms with E-state index in [-0.39, 0.29) is 0 Å². The molecule has 1 aliphatic rings. The van der Waals surface area contributed by atoms with E-state index >= 15 is 0 Å². The van der Waals surface area contributed by atoms with E-state index in [9.17, 15) is 0 Å². The van der Waals surface area contributed by atoms with Crippen LogP contribution in [0.1, 0.15) is 58.3 Å². The van der Waals surface area contributed by atoms with Crippen LogP contribution in [0.2, 0.25) is 0 Å². The molecule has 1 saturated heterocycles. The molecule has 1 N–H and O–H groups in total. The minimum atomic E-state index is 0.366. The third-order valence-electron chi connectivity index (χ3n) is 2.83. The average Bonchev–Trinajstić information content (AvgIpc) is 2.69. The Kier molecular flexibility index (Phi) is 7.06. The van der Waals surface area contributed by atoms with Crippen molar-refractivity contribution in [1.82, 2.24) is 5.32 Å². The van der Waals surface area contributed by atoms with E-state index in [0.29, 0.717) is 6.23 Å². The van der Waals surface area contributed by atoms with Gasteiger partial charge in [-0.3, -0.25) is 5.32 Å². The third kappa shape index (κ3) is 5.61. The van der Waals surface area contributed by atoms with E-state index < -0.39 is 0 Å². The molecule has 0 radical (unpaired) electrons. The fourth-order valence-corrected chi connectivity index (χ4v) is 1.90. The zero-order chi connectivity index (χ0) is 10.1. The maximum Gasteiger partial charge on any atom is 0.108 e. The molecule has 2 heteroatoms. The second-order valence-corrected chi connectivity index (χ2v) is 4.22. The molecule has 1 heterocycles. The van der Waals surface area contributed by atoms with Crippen molar-refractivity contribution in [3.63, 3.8) is 0 Å². The summed E-state index contributed by atoms with van der Waals surface area (Å²) in [6.07, 6.45) is 10.9. The lowest BCUT2D eigenvalue weighted by Crippen LogP contribution is -2.24. The van der Waals surface area contributed by atoms with Gasteiger partial charge in [0.15, 0.2) is 0 Å². The molecule has 0 saturated carbocycles. The summed E-state index contributed by atoms with van der Waals surface area (Å²) >= 11 is 0. The van der Waals surface area contributed by atoms with Crippen molar-refractivity contribution in [1.29, 1.82) is 0 Å². The molecule has 1 unspecified atom stereocenters. The highest BCUT2D eigenvalue weighted by Crippen LogP contribution is 2.09. The molecule has 2 nitrogen and oxygen atoms in total. The van der Waals surface area contributed by atoms with Gasteiger partial charge in [0.05, 0.1) is 0 Å². The first kappa shape index (κ1) is 12.0. The van der Waals surface area contributed by atoms with Gasteiger partial charge >= 0.3 is 0 Å². The fourth-order valence-electron chi connectivity index (χ4n) is 1.90. The molecule has 0 amide bonds. The summed E-state index contributed by atoms with van der Waals surface area (Å²) in [5.41, 5.74) is 0. The molecule has 0 aromatic heterocycles. The van der Waals surface area contributed by atoms with Crippen LogP contribution in [-0.2, 0) is 4.74 Å². The molecule has 1 rings (SSSR count). The van der Waals surface area contributed by atoms with Crippen LogP contribution in [0.15, 0.2) is 0 Å². The van der Waals surface area contributed by atoms with Gasteiger partial charge in [0, 0.05) is 6.61 Å². The highest BCUT2D eigenvalue weighted by molar-refractivity contribution is 4.64. The number of hydrogen-bond donors (Lipinski definition) is 1. The molecule has 1 atom stereocenters. The zero-order valence-electron chi connectivity index (χ0n) is 9.56. The third-order valence-corrected chi connectivity index (χ3v) is 2.83. The van der Waals surface area contributed by atoms with Gasteiger partial charge in [-0.25, -0.2) is 0 Å². The van der Waals surface area contributed by atoms with E-state index in [1.165, 1.54) is 51.4 Å². The summed E-state index contributed by atoms with van der Waals surface area (Å²) in [6, 6.07) is 0. The Morgan fingerprint density at radius 3 is 2.64 bits per heavy atom. The minimum Gasteiger partial charge on any atom is -0.363 e. The van der Waals surface area contributed by atoms with Crippen molar-refractivity contribution in [2.75, 3.05) is 13.2 Å². The lowest BCUT2D eigenvalue weighted by molar-refractivity contribution is 0.0410. The molecule has 1 fully saturated rings. The highest BCUT2D eigenvalue weighted by Gasteiger charge is 2.12. The van der Waals surface area contributed by atoms with E-state index in [1.54, 1.807) is 0 Å². The molecule has 0 aromatic rings. The summed E-state index contributed by atoms with van der Waals surface area (Å²) in [7, 11) is 0. The van der Waals surface area contributed by atoms with Gasteiger partial charge in [-0.15, -0.1) is 0 Å². The van der Waals surface area contributed by atoms with Gasteiger partial charge in [-0.1, -0.05) is 39.0 Å². The summed E-state index contributed by atoms with van der Waals surface area (Å²) in [4.78, 5) is 0. The molecule has 0 bridgehead atoms. The van der Waals surface area contributed by atoms with Crippen LogP contribution in [0.25, 0.3) is 0 Å². The lowest BCUT2D eigenvalue weighted by atomic mass is 10.1. The fraction of sp³-hybridized carbons (Fsp3) is 1.00. The highest BCUT2D eigenvalue weighted by atomic mass is 16.5. The summed E-state index contributed by atoms with van der Waals surface area (Å²) in [5.74, 6) is 0. The smallest absolute Gasteiger partial charge is 0.108 e. The van der Waals surface area contributed by atoms with Crippen molar-refractivity contribution >= 4 is 0 Å². The first-order valence-electron chi connectivity index (χ1n) is 6.28. The maximum absolute atomic E-state index is 5.70. The zero-order valence-corrected chi connectivity index (χ0v) is 9.56. The van der Waals surface area contributed by atoms with Crippen LogP contribution >= 0.6 is 0 Å². The molecule has 0 spiro atoms. The van der Waals surface area contributed by atoms with E-state index in [1.807, 2.05) is 0 Å². The van der Waals surface area contributed by atoms with Crippen LogP contribution in [0, 0.1) is 0 Å². The second kappa shape index (κ2) is 8.25. The molecular formula is C12H25NO. The molecular weight excluding hydrogens is 174 g/mol. The minimum absolute atomic E-state index is 0.366. The van der Waals surface area contributed by atoms with Crippen LogP contribution < -0.4 is 5.32 Å². The van der Waals surface area contributed by atoms with Gasteiger partial charge in [0.2, 0.25) is 0 Å². The first-order valence-corrected chi connectivity index (χ1v) is 6.28. The number of ether oxygens (including phenoxy) is 1. The monoisotopic (exact) mass is 199 g/mol. The predicted octanol–water partition coefficient (Wildman–Crippen LogP) is 3.07. The van der Waals surface area contributed by atoms with Gasteiger partial charge in [0.1, 0.15) is 6.23 Å². The first-order chi connectivity index (χ1) is 6.93. The lowest BCUT2D eigenvalue weighted by Gasteiger charge is -2.11. The largest absolute Gasteiger partial charge is 0.363 e.